The van der Waals surface area contributed by atoms with Gasteiger partial charge < -0.3 is 4.98 Å². The number of aromatic amines is 1. The molecule has 0 aliphatic heterocycles. The maximum atomic E-state index is 12.3. The van der Waals surface area contributed by atoms with Gasteiger partial charge in [-0.3, -0.25) is 9.36 Å². The standard InChI is InChI=1S/C12H16N2OS2/c1-7(2)8(3)6-14-11(15)10-9(4-5-17-10)13-12(14)16/h4-5,7-8H,6H2,1-3H3,(H,13,16). The first-order chi connectivity index (χ1) is 8.00. The molecular formula is C12H16N2OS2. The second-order valence-corrected chi connectivity index (χ2v) is 6.03. The second kappa shape index (κ2) is 4.74. The lowest BCUT2D eigenvalue weighted by atomic mass is 9.98. The summed E-state index contributed by atoms with van der Waals surface area (Å²) >= 11 is 6.71. The summed E-state index contributed by atoms with van der Waals surface area (Å²) < 4.78 is 2.96. The average Bonchev–Trinajstić information content (AvgIpc) is 2.71. The molecule has 0 saturated carbocycles. The normalized spacial score (nSPS) is 13.4. The van der Waals surface area contributed by atoms with E-state index in [1.54, 1.807) is 4.57 Å². The quantitative estimate of drug-likeness (QED) is 0.866. The van der Waals surface area contributed by atoms with Crippen molar-refractivity contribution in [1.29, 1.82) is 0 Å². The first-order valence-electron chi connectivity index (χ1n) is 5.71. The van der Waals surface area contributed by atoms with Crippen LogP contribution in [-0.4, -0.2) is 9.55 Å². The maximum Gasteiger partial charge on any atom is 0.272 e. The predicted octanol–water partition coefficient (Wildman–Crippen LogP) is 3.41. The van der Waals surface area contributed by atoms with Gasteiger partial charge in [0, 0.05) is 6.54 Å². The number of aromatic nitrogens is 2. The minimum atomic E-state index is 0.0336. The fourth-order valence-corrected chi connectivity index (χ4v) is 2.70. The van der Waals surface area contributed by atoms with Crippen LogP contribution in [-0.2, 0) is 6.54 Å². The van der Waals surface area contributed by atoms with E-state index >= 15 is 0 Å². The van der Waals surface area contributed by atoms with Gasteiger partial charge in [0.25, 0.3) is 5.56 Å². The van der Waals surface area contributed by atoms with Crippen LogP contribution in [0.4, 0.5) is 0 Å². The summed E-state index contributed by atoms with van der Waals surface area (Å²) in [6.07, 6.45) is 0. The van der Waals surface area contributed by atoms with Gasteiger partial charge in [-0.1, -0.05) is 20.8 Å². The van der Waals surface area contributed by atoms with Crippen LogP contribution in [0.1, 0.15) is 20.8 Å². The van der Waals surface area contributed by atoms with Gasteiger partial charge >= 0.3 is 0 Å². The van der Waals surface area contributed by atoms with E-state index in [1.165, 1.54) is 11.3 Å². The Bertz CT molecular complexity index is 636. The molecule has 0 radical (unpaired) electrons. The molecule has 0 aliphatic carbocycles. The summed E-state index contributed by atoms with van der Waals surface area (Å²) in [6, 6.07) is 1.90. The Morgan fingerprint density at radius 1 is 1.47 bits per heavy atom. The molecule has 1 unspecified atom stereocenters. The molecule has 92 valence electrons. The number of hydrogen-bond donors (Lipinski definition) is 1. The van der Waals surface area contributed by atoms with Gasteiger partial charge in [0.15, 0.2) is 4.77 Å². The molecule has 2 heterocycles. The van der Waals surface area contributed by atoms with E-state index in [1.807, 2.05) is 11.4 Å². The van der Waals surface area contributed by atoms with Gasteiger partial charge in [-0.15, -0.1) is 11.3 Å². The molecule has 17 heavy (non-hydrogen) atoms. The Kier molecular flexibility index (Phi) is 3.49. The molecule has 0 spiro atoms. The highest BCUT2D eigenvalue weighted by Gasteiger charge is 2.12. The first-order valence-corrected chi connectivity index (χ1v) is 7.00. The zero-order chi connectivity index (χ0) is 12.6. The third-order valence-electron chi connectivity index (χ3n) is 3.20. The van der Waals surface area contributed by atoms with Gasteiger partial charge in [0.1, 0.15) is 4.70 Å². The molecule has 0 saturated heterocycles. The van der Waals surface area contributed by atoms with E-state index in [0.717, 1.165) is 10.2 Å². The summed E-state index contributed by atoms with van der Waals surface area (Å²) in [7, 11) is 0. The molecular weight excluding hydrogens is 252 g/mol. The largest absolute Gasteiger partial charge is 0.331 e. The maximum absolute atomic E-state index is 12.3. The molecule has 2 aromatic rings. The Morgan fingerprint density at radius 3 is 2.82 bits per heavy atom. The van der Waals surface area contributed by atoms with Crippen LogP contribution < -0.4 is 5.56 Å². The fraction of sp³-hybridized carbons (Fsp3) is 0.500. The fourth-order valence-electron chi connectivity index (χ4n) is 1.64. The number of hydrogen-bond acceptors (Lipinski definition) is 3. The number of nitrogens with one attached hydrogen (secondary N) is 1. The van der Waals surface area contributed by atoms with Crippen molar-refractivity contribution in [3.05, 3.63) is 26.6 Å². The zero-order valence-corrected chi connectivity index (χ0v) is 11.8. The molecule has 0 bridgehead atoms. The molecule has 3 nitrogen and oxygen atoms in total. The van der Waals surface area contributed by atoms with Gasteiger partial charge in [-0.2, -0.15) is 0 Å². The first kappa shape index (κ1) is 12.5. The monoisotopic (exact) mass is 268 g/mol. The summed E-state index contributed by atoms with van der Waals surface area (Å²) in [5.74, 6) is 0.968. The van der Waals surface area contributed by atoms with Crippen LogP contribution in [0.2, 0.25) is 0 Å². The predicted molar refractivity (Wildman–Crippen MR) is 75.3 cm³/mol. The van der Waals surface area contributed by atoms with Crippen molar-refractivity contribution in [1.82, 2.24) is 9.55 Å². The highest BCUT2D eigenvalue weighted by atomic mass is 32.1. The Morgan fingerprint density at radius 2 is 2.18 bits per heavy atom. The van der Waals surface area contributed by atoms with Crippen LogP contribution in [0.3, 0.4) is 0 Å². The van der Waals surface area contributed by atoms with E-state index in [0.29, 0.717) is 23.2 Å². The summed E-state index contributed by atoms with van der Waals surface area (Å²) in [5.41, 5.74) is 0.879. The van der Waals surface area contributed by atoms with E-state index in [-0.39, 0.29) is 5.56 Å². The highest BCUT2D eigenvalue weighted by molar-refractivity contribution is 7.71. The zero-order valence-electron chi connectivity index (χ0n) is 10.2. The van der Waals surface area contributed by atoms with Crippen LogP contribution in [0.15, 0.2) is 16.2 Å². The number of fused-ring (bicyclic) bond motifs is 1. The molecule has 1 N–H and O–H groups in total. The lowest BCUT2D eigenvalue weighted by Gasteiger charge is -2.16. The smallest absolute Gasteiger partial charge is 0.272 e. The van der Waals surface area contributed by atoms with Gasteiger partial charge in [-0.05, 0) is 35.5 Å². The summed E-state index contributed by atoms with van der Waals surface area (Å²) in [4.78, 5) is 15.4. The van der Waals surface area contributed by atoms with Crippen LogP contribution in [0.25, 0.3) is 10.2 Å². The SMILES string of the molecule is CC(C)C(C)Cn1c(=S)[nH]c2ccsc2c1=O. The molecule has 0 fully saturated rings. The Labute approximate surface area is 109 Å². The number of thiophene rings is 1. The average molecular weight is 268 g/mol. The minimum absolute atomic E-state index is 0.0336. The second-order valence-electron chi connectivity index (χ2n) is 4.73. The lowest BCUT2D eigenvalue weighted by Crippen LogP contribution is -2.26. The van der Waals surface area contributed by atoms with Gasteiger partial charge in [0.05, 0.1) is 5.52 Å². The van der Waals surface area contributed by atoms with Crippen molar-refractivity contribution in [3.8, 4) is 0 Å². The molecule has 2 aromatic heterocycles. The van der Waals surface area contributed by atoms with Gasteiger partial charge in [0.2, 0.25) is 0 Å². The van der Waals surface area contributed by atoms with Crippen molar-refractivity contribution in [2.24, 2.45) is 11.8 Å². The van der Waals surface area contributed by atoms with Crippen LogP contribution in [0.5, 0.6) is 0 Å². The van der Waals surface area contributed by atoms with E-state index in [9.17, 15) is 4.79 Å². The molecule has 0 aliphatic rings. The molecule has 1 atom stereocenters. The molecule has 5 heteroatoms. The molecule has 0 aromatic carbocycles. The van der Waals surface area contributed by atoms with Crippen molar-refractivity contribution in [2.75, 3.05) is 0 Å². The van der Waals surface area contributed by atoms with Gasteiger partial charge in [-0.25, -0.2) is 0 Å². The summed E-state index contributed by atoms with van der Waals surface area (Å²) in [5, 5.41) is 1.91. The van der Waals surface area contributed by atoms with Crippen molar-refractivity contribution >= 4 is 33.8 Å². The van der Waals surface area contributed by atoms with E-state index in [2.05, 4.69) is 25.8 Å². The Balaban J connectivity index is 2.54. The molecule has 0 amide bonds. The number of nitrogens with zero attached hydrogens (tertiary/aromatic N) is 1. The molecule has 2 rings (SSSR count). The number of H-pyrrole nitrogens is 1. The number of rotatable bonds is 3. The third-order valence-corrected chi connectivity index (χ3v) is 4.42. The van der Waals surface area contributed by atoms with E-state index < -0.39 is 0 Å². The van der Waals surface area contributed by atoms with Crippen LogP contribution >= 0.6 is 23.6 Å². The van der Waals surface area contributed by atoms with Crippen molar-refractivity contribution in [3.63, 3.8) is 0 Å². The van der Waals surface area contributed by atoms with E-state index in [4.69, 9.17) is 12.2 Å². The lowest BCUT2D eigenvalue weighted by molar-refractivity contribution is 0.357. The van der Waals surface area contributed by atoms with Crippen molar-refractivity contribution < 1.29 is 0 Å². The van der Waals surface area contributed by atoms with Crippen molar-refractivity contribution in [2.45, 2.75) is 27.3 Å². The summed E-state index contributed by atoms with van der Waals surface area (Å²) in [6.45, 7) is 7.14. The third kappa shape index (κ3) is 2.35. The minimum Gasteiger partial charge on any atom is -0.331 e. The Hall–Kier alpha value is -0.940. The topological polar surface area (TPSA) is 37.8 Å². The highest BCUT2D eigenvalue weighted by Crippen LogP contribution is 2.16. The van der Waals surface area contributed by atoms with Crippen LogP contribution in [0, 0.1) is 16.6 Å².